The molecule has 0 aliphatic carbocycles. The first-order valence-corrected chi connectivity index (χ1v) is 6.82. The number of hydrogen-bond donors (Lipinski definition) is 2. The predicted molar refractivity (Wildman–Crippen MR) is 77.9 cm³/mol. The third-order valence-electron chi connectivity index (χ3n) is 3.65. The highest BCUT2D eigenvalue weighted by molar-refractivity contribution is 5.68. The third-order valence-corrected chi connectivity index (χ3v) is 3.65. The first kappa shape index (κ1) is 13.5. The van der Waals surface area contributed by atoms with Gasteiger partial charge in [0.15, 0.2) is 5.82 Å². The normalized spacial score (nSPS) is 16.1. The molecule has 0 bridgehead atoms. The molecule has 1 aliphatic heterocycles. The van der Waals surface area contributed by atoms with E-state index in [0.29, 0.717) is 17.3 Å². The smallest absolute Gasteiger partial charge is 0.280 e. The minimum atomic E-state index is -0.419. The number of para-hydroxylation sites is 1. The molecule has 0 amide bonds. The Balaban J connectivity index is 1.87. The number of nitro benzene ring substituents is 1. The van der Waals surface area contributed by atoms with Crippen molar-refractivity contribution in [2.45, 2.75) is 18.9 Å². The van der Waals surface area contributed by atoms with E-state index in [1.807, 2.05) is 4.90 Å². The molecule has 3 N–H and O–H groups in total. The van der Waals surface area contributed by atoms with E-state index < -0.39 is 4.92 Å². The summed E-state index contributed by atoms with van der Waals surface area (Å²) in [6.07, 6.45) is 1.80. The zero-order valence-corrected chi connectivity index (χ0v) is 11.4. The molecule has 21 heavy (non-hydrogen) atoms. The maximum absolute atomic E-state index is 11.1. The van der Waals surface area contributed by atoms with Gasteiger partial charge in [-0.15, -0.1) is 5.10 Å². The maximum atomic E-state index is 11.1. The Labute approximate surface area is 121 Å². The van der Waals surface area contributed by atoms with Gasteiger partial charge >= 0.3 is 0 Å². The number of nitrogens with one attached hydrogen (secondary N) is 1. The van der Waals surface area contributed by atoms with Gasteiger partial charge in [-0.05, 0) is 18.9 Å². The number of nitro groups is 1. The number of nitrogens with two attached hydrogens (primary N) is 1. The number of aromatic nitrogens is 3. The summed E-state index contributed by atoms with van der Waals surface area (Å²) in [7, 11) is 0. The first-order chi connectivity index (χ1) is 10.1. The number of rotatable bonds is 3. The average Bonchev–Trinajstić information content (AvgIpc) is 2.97. The highest BCUT2D eigenvalue weighted by Gasteiger charge is 2.22. The van der Waals surface area contributed by atoms with E-state index in [1.165, 1.54) is 6.07 Å². The summed E-state index contributed by atoms with van der Waals surface area (Å²) in [6.45, 7) is 1.60. The summed E-state index contributed by atoms with van der Waals surface area (Å²) in [5, 5.41) is 18.0. The predicted octanol–water partition coefficient (Wildman–Crippen LogP) is 1.31. The van der Waals surface area contributed by atoms with Crippen LogP contribution in [-0.2, 0) is 0 Å². The van der Waals surface area contributed by atoms with Crippen molar-refractivity contribution in [2.75, 3.05) is 18.0 Å². The molecule has 1 saturated heterocycles. The van der Waals surface area contributed by atoms with Crippen LogP contribution in [0.25, 0.3) is 11.4 Å². The summed E-state index contributed by atoms with van der Waals surface area (Å²) in [5.74, 6) is 0.974. The Morgan fingerprint density at radius 2 is 2.05 bits per heavy atom. The quantitative estimate of drug-likeness (QED) is 0.650. The van der Waals surface area contributed by atoms with Crippen LogP contribution in [-0.4, -0.2) is 39.2 Å². The van der Waals surface area contributed by atoms with Crippen molar-refractivity contribution in [1.29, 1.82) is 0 Å². The van der Waals surface area contributed by atoms with Gasteiger partial charge in [0, 0.05) is 25.2 Å². The van der Waals surface area contributed by atoms with Gasteiger partial charge in [-0.1, -0.05) is 12.1 Å². The molecule has 0 saturated carbocycles. The number of anilines is 1. The van der Waals surface area contributed by atoms with Crippen LogP contribution in [0.1, 0.15) is 12.8 Å². The number of benzene rings is 1. The van der Waals surface area contributed by atoms with E-state index in [2.05, 4.69) is 15.2 Å². The van der Waals surface area contributed by atoms with E-state index in [9.17, 15) is 10.1 Å². The standard InChI is InChI=1S/C13H16N6O2/c14-9-5-7-18(8-6-9)13-15-12(16-17-13)10-3-1-2-4-11(10)19(20)21/h1-4,9H,5-8,14H2,(H,15,16,17). The zero-order chi connectivity index (χ0) is 14.8. The molecule has 1 aromatic heterocycles. The Bertz CT molecular complexity index is 648. The molecule has 2 heterocycles. The lowest BCUT2D eigenvalue weighted by Gasteiger charge is -2.28. The molecule has 0 atom stereocenters. The molecular formula is C13H16N6O2. The van der Waals surface area contributed by atoms with Crippen molar-refractivity contribution in [3.05, 3.63) is 34.4 Å². The van der Waals surface area contributed by atoms with Crippen molar-refractivity contribution < 1.29 is 4.92 Å². The lowest BCUT2D eigenvalue weighted by Crippen LogP contribution is -2.40. The van der Waals surface area contributed by atoms with Gasteiger partial charge in [0.25, 0.3) is 5.69 Å². The number of hydrogen-bond acceptors (Lipinski definition) is 6. The van der Waals surface area contributed by atoms with Gasteiger partial charge in [0.2, 0.25) is 5.95 Å². The molecule has 1 aromatic carbocycles. The topological polar surface area (TPSA) is 114 Å². The van der Waals surface area contributed by atoms with Gasteiger partial charge in [0.05, 0.1) is 10.5 Å². The van der Waals surface area contributed by atoms with Crippen LogP contribution >= 0.6 is 0 Å². The molecule has 2 aromatic rings. The summed E-state index contributed by atoms with van der Waals surface area (Å²) in [5.41, 5.74) is 6.33. The molecule has 8 heteroatoms. The Kier molecular flexibility index (Phi) is 3.53. The summed E-state index contributed by atoms with van der Waals surface area (Å²) in [4.78, 5) is 17.1. The van der Waals surface area contributed by atoms with Crippen LogP contribution in [0.15, 0.2) is 24.3 Å². The second-order valence-electron chi connectivity index (χ2n) is 5.08. The highest BCUT2D eigenvalue weighted by atomic mass is 16.6. The lowest BCUT2D eigenvalue weighted by molar-refractivity contribution is -0.384. The van der Waals surface area contributed by atoms with Crippen LogP contribution in [0.2, 0.25) is 0 Å². The van der Waals surface area contributed by atoms with Crippen molar-refractivity contribution in [3.8, 4) is 11.4 Å². The number of nitrogens with zero attached hydrogens (tertiary/aromatic N) is 4. The fourth-order valence-corrected chi connectivity index (χ4v) is 2.45. The summed E-state index contributed by atoms with van der Waals surface area (Å²) in [6, 6.07) is 6.72. The van der Waals surface area contributed by atoms with Crippen LogP contribution in [0.3, 0.4) is 0 Å². The largest absolute Gasteiger partial charge is 0.339 e. The Morgan fingerprint density at radius 3 is 2.76 bits per heavy atom. The van der Waals surface area contributed by atoms with Gasteiger partial charge in [-0.3, -0.25) is 15.2 Å². The molecule has 8 nitrogen and oxygen atoms in total. The lowest BCUT2D eigenvalue weighted by atomic mass is 10.1. The number of aromatic amines is 1. The molecular weight excluding hydrogens is 272 g/mol. The second-order valence-corrected chi connectivity index (χ2v) is 5.08. The summed E-state index contributed by atoms with van der Waals surface area (Å²) >= 11 is 0. The molecule has 0 unspecified atom stereocenters. The molecule has 1 aliphatic rings. The minimum absolute atomic E-state index is 0.0147. The fourth-order valence-electron chi connectivity index (χ4n) is 2.45. The van der Waals surface area contributed by atoms with Crippen LogP contribution < -0.4 is 10.6 Å². The zero-order valence-electron chi connectivity index (χ0n) is 11.4. The monoisotopic (exact) mass is 288 g/mol. The Morgan fingerprint density at radius 1 is 1.33 bits per heavy atom. The van der Waals surface area contributed by atoms with Crippen LogP contribution in [0.5, 0.6) is 0 Å². The van der Waals surface area contributed by atoms with E-state index in [0.717, 1.165) is 25.9 Å². The minimum Gasteiger partial charge on any atom is -0.339 e. The number of H-pyrrole nitrogens is 1. The average molecular weight is 288 g/mol. The summed E-state index contributed by atoms with van der Waals surface area (Å²) < 4.78 is 0. The van der Waals surface area contributed by atoms with Crippen LogP contribution in [0, 0.1) is 10.1 Å². The molecule has 0 spiro atoms. The fraction of sp³-hybridized carbons (Fsp3) is 0.385. The van der Waals surface area contributed by atoms with E-state index in [4.69, 9.17) is 5.73 Å². The third kappa shape index (κ3) is 2.70. The first-order valence-electron chi connectivity index (χ1n) is 6.82. The van der Waals surface area contributed by atoms with Gasteiger partial charge in [0.1, 0.15) is 0 Å². The van der Waals surface area contributed by atoms with Crippen LogP contribution in [0.4, 0.5) is 11.6 Å². The van der Waals surface area contributed by atoms with Crippen molar-refractivity contribution in [1.82, 2.24) is 15.2 Å². The van der Waals surface area contributed by atoms with E-state index in [1.54, 1.807) is 18.2 Å². The van der Waals surface area contributed by atoms with Gasteiger partial charge < -0.3 is 10.6 Å². The van der Waals surface area contributed by atoms with E-state index in [-0.39, 0.29) is 11.7 Å². The van der Waals surface area contributed by atoms with Gasteiger partial charge in [-0.25, -0.2) is 0 Å². The highest BCUT2D eigenvalue weighted by Crippen LogP contribution is 2.28. The Hall–Kier alpha value is -2.48. The van der Waals surface area contributed by atoms with Crippen molar-refractivity contribution in [2.24, 2.45) is 5.73 Å². The van der Waals surface area contributed by atoms with E-state index >= 15 is 0 Å². The SMILES string of the molecule is NC1CCN(c2n[nH]c(-c3ccccc3[N+](=O)[O-])n2)CC1. The van der Waals surface area contributed by atoms with Crippen molar-refractivity contribution >= 4 is 11.6 Å². The second kappa shape index (κ2) is 5.49. The molecule has 1 fully saturated rings. The number of piperidine rings is 1. The van der Waals surface area contributed by atoms with Gasteiger partial charge in [-0.2, -0.15) is 4.98 Å². The van der Waals surface area contributed by atoms with Crippen molar-refractivity contribution in [3.63, 3.8) is 0 Å². The molecule has 3 rings (SSSR count). The maximum Gasteiger partial charge on any atom is 0.280 e. The molecule has 0 radical (unpaired) electrons. The molecule has 110 valence electrons.